The van der Waals surface area contributed by atoms with Crippen molar-refractivity contribution < 1.29 is 9.59 Å². The number of rotatable bonds is 5. The minimum Gasteiger partial charge on any atom is -0.294 e. The van der Waals surface area contributed by atoms with Crippen LogP contribution in [-0.2, 0) is 6.42 Å². The summed E-state index contributed by atoms with van der Waals surface area (Å²) in [7, 11) is 0. The summed E-state index contributed by atoms with van der Waals surface area (Å²) in [6.07, 6.45) is 0.720. The Hall–Kier alpha value is -3.78. The molecule has 0 saturated heterocycles. The van der Waals surface area contributed by atoms with Gasteiger partial charge in [0.2, 0.25) is 0 Å². The van der Waals surface area contributed by atoms with Gasteiger partial charge in [0, 0.05) is 11.1 Å². The van der Waals surface area contributed by atoms with Crippen molar-refractivity contribution in [3.63, 3.8) is 0 Å². The molecule has 0 amide bonds. The van der Waals surface area contributed by atoms with Crippen LogP contribution in [0.1, 0.15) is 38.3 Å². The standard InChI is InChI=1S/C28H20O2/c29-27(21-12-10-20(11-13-21)19-6-2-1-3-7-19)18-28(30)23-14-15-26-24(17-23)16-22-8-4-5-9-25(22)26/h1-15,17H,16,18H2. The molecule has 0 radical (unpaired) electrons. The Labute approximate surface area is 175 Å². The molecule has 0 unspecified atom stereocenters. The van der Waals surface area contributed by atoms with Gasteiger partial charge in [-0.2, -0.15) is 0 Å². The van der Waals surface area contributed by atoms with Crippen LogP contribution in [0.3, 0.4) is 0 Å². The van der Waals surface area contributed by atoms with Gasteiger partial charge in [-0.25, -0.2) is 0 Å². The lowest BCUT2D eigenvalue weighted by atomic mass is 9.97. The highest BCUT2D eigenvalue weighted by Crippen LogP contribution is 2.36. The number of fused-ring (bicyclic) bond motifs is 3. The van der Waals surface area contributed by atoms with Gasteiger partial charge in [0.1, 0.15) is 0 Å². The lowest BCUT2D eigenvalue weighted by Crippen LogP contribution is -2.09. The van der Waals surface area contributed by atoms with E-state index in [0.717, 1.165) is 23.1 Å². The highest BCUT2D eigenvalue weighted by Gasteiger charge is 2.20. The van der Waals surface area contributed by atoms with Crippen molar-refractivity contribution in [2.75, 3.05) is 0 Å². The Morgan fingerprint density at radius 3 is 1.97 bits per heavy atom. The largest absolute Gasteiger partial charge is 0.294 e. The van der Waals surface area contributed by atoms with Crippen molar-refractivity contribution in [1.29, 1.82) is 0 Å². The minimum atomic E-state index is -0.150. The molecule has 0 saturated carbocycles. The Kier molecular flexibility index (Phi) is 4.61. The predicted molar refractivity (Wildman–Crippen MR) is 120 cm³/mol. The van der Waals surface area contributed by atoms with Gasteiger partial charge < -0.3 is 0 Å². The van der Waals surface area contributed by atoms with Crippen LogP contribution in [0.4, 0.5) is 0 Å². The first kappa shape index (κ1) is 18.3. The summed E-state index contributed by atoms with van der Waals surface area (Å²) in [5, 5.41) is 0. The summed E-state index contributed by atoms with van der Waals surface area (Å²) in [5.41, 5.74) is 8.19. The molecule has 1 aliphatic carbocycles. The summed E-state index contributed by atoms with van der Waals surface area (Å²) in [6.45, 7) is 0. The minimum absolute atomic E-state index is 0.115. The molecule has 2 heteroatoms. The topological polar surface area (TPSA) is 34.1 Å². The Morgan fingerprint density at radius 2 is 1.17 bits per heavy atom. The van der Waals surface area contributed by atoms with Crippen LogP contribution in [0.15, 0.2) is 97.1 Å². The molecule has 1 aliphatic rings. The van der Waals surface area contributed by atoms with Gasteiger partial charge in [0.15, 0.2) is 11.6 Å². The third-order valence-electron chi connectivity index (χ3n) is 5.75. The van der Waals surface area contributed by atoms with Gasteiger partial charge in [-0.05, 0) is 45.9 Å². The average Bonchev–Trinajstić information content (AvgIpc) is 3.17. The second-order valence-electron chi connectivity index (χ2n) is 7.67. The number of ketones is 2. The van der Waals surface area contributed by atoms with Gasteiger partial charge in [-0.15, -0.1) is 0 Å². The van der Waals surface area contributed by atoms with E-state index in [1.807, 2.05) is 72.8 Å². The molecule has 4 aromatic rings. The van der Waals surface area contributed by atoms with Gasteiger partial charge in [-0.1, -0.05) is 91.0 Å². The summed E-state index contributed by atoms with van der Waals surface area (Å²) in [5.74, 6) is -0.283. The zero-order valence-corrected chi connectivity index (χ0v) is 16.5. The maximum atomic E-state index is 12.8. The predicted octanol–water partition coefficient (Wildman–Crippen LogP) is 6.38. The molecule has 0 heterocycles. The van der Waals surface area contributed by atoms with Gasteiger partial charge >= 0.3 is 0 Å². The van der Waals surface area contributed by atoms with Crippen LogP contribution in [0.2, 0.25) is 0 Å². The fraction of sp³-hybridized carbons (Fsp3) is 0.0714. The first-order valence-electron chi connectivity index (χ1n) is 10.1. The van der Waals surface area contributed by atoms with E-state index in [1.165, 1.54) is 16.7 Å². The van der Waals surface area contributed by atoms with Crippen molar-refractivity contribution in [1.82, 2.24) is 0 Å². The number of Topliss-reactive ketones (excluding diaryl/α,β-unsaturated/α-hetero) is 2. The molecule has 30 heavy (non-hydrogen) atoms. The van der Waals surface area contributed by atoms with Gasteiger partial charge in [0.25, 0.3) is 0 Å². The highest BCUT2D eigenvalue weighted by molar-refractivity contribution is 6.13. The SMILES string of the molecule is O=C(CC(=O)c1ccc2c(c1)Cc1ccccc1-2)c1ccc(-c2ccccc2)cc1. The molecule has 0 N–H and O–H groups in total. The summed E-state index contributed by atoms with van der Waals surface area (Å²) < 4.78 is 0. The fourth-order valence-electron chi connectivity index (χ4n) is 4.15. The zero-order chi connectivity index (χ0) is 20.5. The van der Waals surface area contributed by atoms with Crippen molar-refractivity contribution in [2.24, 2.45) is 0 Å². The highest BCUT2D eigenvalue weighted by atomic mass is 16.1. The van der Waals surface area contributed by atoms with E-state index in [0.29, 0.717) is 11.1 Å². The molecule has 4 aromatic carbocycles. The van der Waals surface area contributed by atoms with Crippen molar-refractivity contribution >= 4 is 11.6 Å². The number of benzene rings is 4. The molecular formula is C28H20O2. The van der Waals surface area contributed by atoms with Gasteiger partial charge in [0.05, 0.1) is 6.42 Å². The maximum Gasteiger partial charge on any atom is 0.170 e. The van der Waals surface area contributed by atoms with Crippen LogP contribution in [0.5, 0.6) is 0 Å². The molecule has 5 rings (SSSR count). The number of carbonyl (C=O) groups excluding carboxylic acids is 2. The van der Waals surface area contributed by atoms with E-state index in [1.54, 1.807) is 12.1 Å². The summed E-state index contributed by atoms with van der Waals surface area (Å²) >= 11 is 0. The Morgan fingerprint density at radius 1 is 0.567 bits per heavy atom. The first-order valence-corrected chi connectivity index (χ1v) is 10.1. The van der Waals surface area contributed by atoms with E-state index in [4.69, 9.17) is 0 Å². The first-order chi connectivity index (χ1) is 14.7. The smallest absolute Gasteiger partial charge is 0.170 e. The van der Waals surface area contributed by atoms with Crippen molar-refractivity contribution in [3.8, 4) is 22.3 Å². The third kappa shape index (κ3) is 3.37. The molecule has 0 aliphatic heterocycles. The normalized spacial score (nSPS) is 11.6. The van der Waals surface area contributed by atoms with Crippen LogP contribution in [-0.4, -0.2) is 11.6 Å². The molecule has 0 aromatic heterocycles. The molecule has 2 nitrogen and oxygen atoms in total. The Balaban J connectivity index is 1.31. The number of carbonyl (C=O) groups is 2. The summed E-state index contributed by atoms with van der Waals surface area (Å²) in [6, 6.07) is 31.6. The van der Waals surface area contributed by atoms with Crippen LogP contribution in [0.25, 0.3) is 22.3 Å². The maximum absolute atomic E-state index is 12.8. The molecule has 0 atom stereocenters. The van der Waals surface area contributed by atoms with Crippen LogP contribution in [0, 0.1) is 0 Å². The van der Waals surface area contributed by atoms with Gasteiger partial charge in [-0.3, -0.25) is 9.59 Å². The molecule has 0 fully saturated rings. The van der Waals surface area contributed by atoms with E-state index >= 15 is 0 Å². The third-order valence-corrected chi connectivity index (χ3v) is 5.75. The fourth-order valence-corrected chi connectivity index (χ4v) is 4.15. The molecule has 0 spiro atoms. The second-order valence-corrected chi connectivity index (χ2v) is 7.67. The quantitative estimate of drug-likeness (QED) is 0.259. The van der Waals surface area contributed by atoms with Crippen molar-refractivity contribution in [2.45, 2.75) is 12.8 Å². The lowest BCUT2D eigenvalue weighted by Gasteiger charge is -2.06. The number of hydrogen-bond acceptors (Lipinski definition) is 2. The molecular weight excluding hydrogens is 368 g/mol. The van der Waals surface area contributed by atoms with Crippen LogP contribution < -0.4 is 0 Å². The van der Waals surface area contributed by atoms with E-state index in [2.05, 4.69) is 12.1 Å². The molecule has 0 bridgehead atoms. The van der Waals surface area contributed by atoms with E-state index < -0.39 is 0 Å². The Bertz CT molecular complexity index is 1250. The van der Waals surface area contributed by atoms with E-state index in [9.17, 15) is 9.59 Å². The van der Waals surface area contributed by atoms with Crippen LogP contribution >= 0.6 is 0 Å². The average molecular weight is 388 g/mol. The zero-order valence-electron chi connectivity index (χ0n) is 16.5. The monoisotopic (exact) mass is 388 g/mol. The summed E-state index contributed by atoms with van der Waals surface area (Å²) in [4.78, 5) is 25.4. The number of hydrogen-bond donors (Lipinski definition) is 0. The van der Waals surface area contributed by atoms with E-state index in [-0.39, 0.29) is 18.0 Å². The lowest BCUT2D eigenvalue weighted by molar-refractivity contribution is 0.0894. The second kappa shape index (κ2) is 7.57. The van der Waals surface area contributed by atoms with Crippen molar-refractivity contribution in [3.05, 3.63) is 119 Å². The molecule has 144 valence electrons.